The van der Waals surface area contributed by atoms with Crippen LogP contribution in [0.15, 0.2) is 71.2 Å². The van der Waals surface area contributed by atoms with Crippen LogP contribution in [0.5, 0.6) is 5.75 Å². The highest BCUT2D eigenvalue weighted by Gasteiger charge is 2.18. The lowest BCUT2D eigenvalue weighted by Gasteiger charge is -2.15. The van der Waals surface area contributed by atoms with Crippen molar-refractivity contribution < 1.29 is 9.13 Å². The maximum atomic E-state index is 14.9. The quantitative estimate of drug-likeness (QED) is 0.382. The molecule has 0 amide bonds. The minimum Gasteiger partial charge on any atom is -0.495 e. The third kappa shape index (κ3) is 2.28. The molecule has 0 aliphatic carbocycles. The summed E-state index contributed by atoms with van der Waals surface area (Å²) in [6.45, 7) is 0. The molecule has 24 heavy (non-hydrogen) atoms. The van der Waals surface area contributed by atoms with Crippen LogP contribution < -0.4 is 4.74 Å². The van der Waals surface area contributed by atoms with Gasteiger partial charge in [-0.1, -0.05) is 70.5 Å². The van der Waals surface area contributed by atoms with Gasteiger partial charge in [0.25, 0.3) is 0 Å². The fourth-order valence-electron chi connectivity index (χ4n) is 3.23. The van der Waals surface area contributed by atoms with E-state index in [4.69, 9.17) is 4.74 Å². The van der Waals surface area contributed by atoms with Gasteiger partial charge in [-0.05, 0) is 28.3 Å². The van der Waals surface area contributed by atoms with Crippen LogP contribution in [0.1, 0.15) is 0 Å². The number of hydrogen-bond acceptors (Lipinski definition) is 1. The largest absolute Gasteiger partial charge is 0.495 e. The molecule has 0 radical (unpaired) electrons. The molecule has 0 aliphatic rings. The molecule has 0 saturated carbocycles. The minimum absolute atomic E-state index is 0.269. The molecule has 0 atom stereocenters. The number of fused-ring (bicyclic) bond motifs is 2. The van der Waals surface area contributed by atoms with Crippen molar-refractivity contribution in [3.8, 4) is 16.9 Å². The molecule has 0 N–H and O–H groups in total. The minimum atomic E-state index is -0.269. The summed E-state index contributed by atoms with van der Waals surface area (Å²) in [6, 6.07) is 21.2. The second-order valence-corrected chi connectivity index (χ2v) is 6.48. The van der Waals surface area contributed by atoms with Crippen molar-refractivity contribution in [1.82, 2.24) is 0 Å². The molecule has 0 heterocycles. The van der Waals surface area contributed by atoms with Gasteiger partial charge in [0.2, 0.25) is 0 Å². The fraction of sp³-hybridized carbons (Fsp3) is 0.0476. The van der Waals surface area contributed by atoms with Crippen LogP contribution in [0.2, 0.25) is 0 Å². The zero-order valence-electron chi connectivity index (χ0n) is 13.0. The summed E-state index contributed by atoms with van der Waals surface area (Å²) >= 11 is 3.46. The highest BCUT2D eigenvalue weighted by atomic mass is 79.9. The van der Waals surface area contributed by atoms with Gasteiger partial charge in [0.1, 0.15) is 11.6 Å². The molecule has 0 saturated heterocycles. The van der Waals surface area contributed by atoms with Gasteiger partial charge in [0.05, 0.1) is 7.11 Å². The molecule has 4 aromatic rings. The molecule has 118 valence electrons. The normalized spacial score (nSPS) is 11.1. The lowest BCUT2D eigenvalue weighted by molar-refractivity contribution is 0.421. The maximum absolute atomic E-state index is 14.9. The number of benzene rings is 4. The monoisotopic (exact) mass is 380 g/mol. The Balaban J connectivity index is 2.14. The summed E-state index contributed by atoms with van der Waals surface area (Å²) in [4.78, 5) is 0. The van der Waals surface area contributed by atoms with Crippen molar-refractivity contribution in [3.05, 3.63) is 77.0 Å². The van der Waals surface area contributed by atoms with Crippen LogP contribution in [0.4, 0.5) is 4.39 Å². The van der Waals surface area contributed by atoms with Crippen molar-refractivity contribution >= 4 is 37.5 Å². The highest BCUT2D eigenvalue weighted by Crippen LogP contribution is 2.42. The molecule has 4 rings (SSSR count). The molecule has 4 aromatic carbocycles. The van der Waals surface area contributed by atoms with Crippen LogP contribution in [0.3, 0.4) is 0 Å². The average molecular weight is 381 g/mol. The van der Waals surface area contributed by atoms with E-state index in [0.29, 0.717) is 11.3 Å². The molecule has 0 spiro atoms. The predicted molar refractivity (Wildman–Crippen MR) is 101 cm³/mol. The predicted octanol–water partition coefficient (Wildman–Crippen LogP) is 6.57. The van der Waals surface area contributed by atoms with Crippen LogP contribution in [0, 0.1) is 5.82 Å². The van der Waals surface area contributed by atoms with E-state index >= 15 is 0 Å². The standard InChI is InChI=1S/C21H14BrFO/c1-24-21-14-7-3-2-6-13(14)10-11-17(21)20-16-9-5-4-8-15(16)18(22)12-19(20)23/h2-12H,1H3. The Kier molecular flexibility index (Phi) is 3.73. The molecular formula is C21H14BrFO. The second-order valence-electron chi connectivity index (χ2n) is 5.63. The number of halogens is 2. The van der Waals surface area contributed by atoms with Crippen LogP contribution in [-0.4, -0.2) is 7.11 Å². The Morgan fingerprint density at radius 3 is 2.25 bits per heavy atom. The second kappa shape index (κ2) is 5.91. The lowest BCUT2D eigenvalue weighted by Crippen LogP contribution is -1.94. The van der Waals surface area contributed by atoms with E-state index in [2.05, 4.69) is 15.9 Å². The van der Waals surface area contributed by atoms with Crippen LogP contribution in [0.25, 0.3) is 32.7 Å². The molecule has 0 aliphatic heterocycles. The first-order chi connectivity index (χ1) is 11.7. The van der Waals surface area contributed by atoms with Gasteiger partial charge in [0, 0.05) is 21.0 Å². The van der Waals surface area contributed by atoms with E-state index in [0.717, 1.165) is 31.6 Å². The van der Waals surface area contributed by atoms with Gasteiger partial charge in [0.15, 0.2) is 0 Å². The van der Waals surface area contributed by atoms with Crippen molar-refractivity contribution in [3.63, 3.8) is 0 Å². The number of rotatable bonds is 2. The van der Waals surface area contributed by atoms with E-state index in [1.165, 1.54) is 6.07 Å². The maximum Gasteiger partial charge on any atom is 0.134 e. The first-order valence-electron chi connectivity index (χ1n) is 7.63. The molecule has 0 aromatic heterocycles. The van der Waals surface area contributed by atoms with Gasteiger partial charge in [-0.25, -0.2) is 4.39 Å². The van der Waals surface area contributed by atoms with Crippen molar-refractivity contribution in [2.24, 2.45) is 0 Å². The third-order valence-electron chi connectivity index (χ3n) is 4.30. The summed E-state index contributed by atoms with van der Waals surface area (Å²) in [7, 11) is 1.63. The van der Waals surface area contributed by atoms with Crippen molar-refractivity contribution in [1.29, 1.82) is 0 Å². The molecular weight excluding hydrogens is 367 g/mol. The summed E-state index contributed by atoms with van der Waals surface area (Å²) in [6.07, 6.45) is 0. The third-order valence-corrected chi connectivity index (χ3v) is 4.96. The smallest absolute Gasteiger partial charge is 0.134 e. The van der Waals surface area contributed by atoms with Gasteiger partial charge in [-0.2, -0.15) is 0 Å². The molecule has 1 nitrogen and oxygen atoms in total. The number of methoxy groups -OCH3 is 1. The average Bonchev–Trinajstić information content (AvgIpc) is 2.61. The lowest BCUT2D eigenvalue weighted by atomic mass is 9.94. The summed E-state index contributed by atoms with van der Waals surface area (Å²) in [5.41, 5.74) is 1.33. The van der Waals surface area contributed by atoms with Crippen molar-refractivity contribution in [2.75, 3.05) is 7.11 Å². The summed E-state index contributed by atoms with van der Waals surface area (Å²) in [5.74, 6) is 0.425. The Morgan fingerprint density at radius 2 is 1.50 bits per heavy atom. The summed E-state index contributed by atoms with van der Waals surface area (Å²) in [5, 5.41) is 3.88. The molecule has 0 fully saturated rings. The van der Waals surface area contributed by atoms with E-state index < -0.39 is 0 Å². The van der Waals surface area contributed by atoms with E-state index in [-0.39, 0.29) is 5.82 Å². The van der Waals surface area contributed by atoms with Crippen LogP contribution in [-0.2, 0) is 0 Å². The zero-order chi connectivity index (χ0) is 16.7. The number of hydrogen-bond donors (Lipinski definition) is 0. The van der Waals surface area contributed by atoms with Gasteiger partial charge in [-0.15, -0.1) is 0 Å². The van der Waals surface area contributed by atoms with Crippen molar-refractivity contribution in [2.45, 2.75) is 0 Å². The molecule has 0 bridgehead atoms. The first kappa shape index (κ1) is 15.2. The number of ether oxygens (including phenoxy) is 1. The fourth-order valence-corrected chi connectivity index (χ4v) is 3.78. The highest BCUT2D eigenvalue weighted by molar-refractivity contribution is 9.10. The van der Waals surface area contributed by atoms with Gasteiger partial charge < -0.3 is 4.74 Å². The van der Waals surface area contributed by atoms with E-state index in [1.807, 2.05) is 60.7 Å². The Hall–Kier alpha value is -2.39. The zero-order valence-corrected chi connectivity index (χ0v) is 14.6. The molecule has 0 unspecified atom stereocenters. The van der Waals surface area contributed by atoms with E-state index in [9.17, 15) is 4.39 Å². The van der Waals surface area contributed by atoms with E-state index in [1.54, 1.807) is 7.11 Å². The Labute approximate surface area is 147 Å². The summed E-state index contributed by atoms with van der Waals surface area (Å²) < 4.78 is 21.3. The Morgan fingerprint density at radius 1 is 0.833 bits per heavy atom. The topological polar surface area (TPSA) is 9.23 Å². The Bertz CT molecular complexity index is 1070. The van der Waals surface area contributed by atoms with Crippen LogP contribution >= 0.6 is 15.9 Å². The first-order valence-corrected chi connectivity index (χ1v) is 8.43. The SMILES string of the molecule is COc1c(-c2c(F)cc(Br)c3ccccc23)ccc2ccccc12. The van der Waals surface area contributed by atoms with Gasteiger partial charge >= 0.3 is 0 Å². The molecule has 3 heteroatoms. The van der Waals surface area contributed by atoms with Gasteiger partial charge in [-0.3, -0.25) is 0 Å².